The minimum Gasteiger partial charge on any atom is -0.329 e. The summed E-state index contributed by atoms with van der Waals surface area (Å²) in [6.07, 6.45) is 5.08. The molecule has 0 N–H and O–H groups in total. The van der Waals surface area contributed by atoms with Gasteiger partial charge in [0.1, 0.15) is 12.1 Å². The van der Waals surface area contributed by atoms with Crippen LogP contribution in [0.2, 0.25) is 0 Å². The SMILES string of the molecule is Cc1ccncc1N1C(=O)C2CCCN2C(=O)C1C(C)C. The third-order valence-electron chi connectivity index (χ3n) is 4.49. The zero-order valence-electron chi connectivity index (χ0n) is 12.7. The molecule has 2 amide bonds. The van der Waals surface area contributed by atoms with Crippen molar-refractivity contribution in [2.45, 2.75) is 45.7 Å². The van der Waals surface area contributed by atoms with E-state index in [1.807, 2.05) is 26.8 Å². The molecule has 2 atom stereocenters. The van der Waals surface area contributed by atoms with E-state index >= 15 is 0 Å². The largest absolute Gasteiger partial charge is 0.329 e. The molecule has 2 aliphatic rings. The van der Waals surface area contributed by atoms with Gasteiger partial charge in [-0.1, -0.05) is 13.8 Å². The number of aromatic nitrogens is 1. The molecule has 5 heteroatoms. The third kappa shape index (κ3) is 2.11. The van der Waals surface area contributed by atoms with Crippen molar-refractivity contribution >= 4 is 17.5 Å². The highest BCUT2D eigenvalue weighted by Gasteiger charge is 2.49. The average molecular weight is 287 g/mol. The first-order chi connectivity index (χ1) is 10.0. The number of carbonyl (C=O) groups excluding carboxylic acids is 2. The van der Waals surface area contributed by atoms with Crippen molar-refractivity contribution in [3.8, 4) is 0 Å². The Bertz CT molecular complexity index is 585. The Labute approximate surface area is 124 Å². The second kappa shape index (κ2) is 5.13. The standard InChI is InChI=1S/C16H21N3O2/c1-10(2)14-16(21)18-8-4-5-12(18)15(20)19(14)13-9-17-7-6-11(13)3/h6-7,9-10,12,14H,4-5,8H2,1-3H3. The van der Waals surface area contributed by atoms with E-state index in [0.29, 0.717) is 6.54 Å². The van der Waals surface area contributed by atoms with Crippen LogP contribution in [0.5, 0.6) is 0 Å². The van der Waals surface area contributed by atoms with Crippen molar-refractivity contribution in [3.63, 3.8) is 0 Å². The van der Waals surface area contributed by atoms with Gasteiger partial charge in [-0.2, -0.15) is 0 Å². The molecule has 5 nitrogen and oxygen atoms in total. The van der Waals surface area contributed by atoms with Gasteiger partial charge in [-0.25, -0.2) is 0 Å². The van der Waals surface area contributed by atoms with Gasteiger partial charge in [0.2, 0.25) is 5.91 Å². The summed E-state index contributed by atoms with van der Waals surface area (Å²) in [4.78, 5) is 33.3. The average Bonchev–Trinajstić information content (AvgIpc) is 2.93. The van der Waals surface area contributed by atoms with E-state index in [1.54, 1.807) is 22.2 Å². The monoisotopic (exact) mass is 287 g/mol. The summed E-state index contributed by atoms with van der Waals surface area (Å²) in [7, 11) is 0. The molecular weight excluding hydrogens is 266 g/mol. The fourth-order valence-corrected chi connectivity index (χ4v) is 3.42. The Kier molecular flexibility index (Phi) is 3.43. The lowest BCUT2D eigenvalue weighted by Crippen LogP contribution is -2.64. The topological polar surface area (TPSA) is 53.5 Å². The highest BCUT2D eigenvalue weighted by molar-refractivity contribution is 6.09. The molecule has 1 aromatic rings. The first-order valence-electron chi connectivity index (χ1n) is 7.56. The number of fused-ring (bicyclic) bond motifs is 1. The van der Waals surface area contributed by atoms with Gasteiger partial charge >= 0.3 is 0 Å². The van der Waals surface area contributed by atoms with E-state index in [9.17, 15) is 9.59 Å². The summed E-state index contributed by atoms with van der Waals surface area (Å²) in [6.45, 7) is 6.64. The van der Waals surface area contributed by atoms with E-state index in [4.69, 9.17) is 0 Å². The Morgan fingerprint density at radius 3 is 2.71 bits per heavy atom. The van der Waals surface area contributed by atoms with Crippen LogP contribution >= 0.6 is 0 Å². The fourth-order valence-electron chi connectivity index (χ4n) is 3.42. The summed E-state index contributed by atoms with van der Waals surface area (Å²) in [5.74, 6) is 0.194. The second-order valence-electron chi connectivity index (χ2n) is 6.25. The molecule has 3 rings (SSSR count). The molecule has 0 bridgehead atoms. The van der Waals surface area contributed by atoms with E-state index in [2.05, 4.69) is 4.98 Å². The van der Waals surface area contributed by atoms with Crippen LogP contribution in [0.4, 0.5) is 5.69 Å². The van der Waals surface area contributed by atoms with Crippen molar-refractivity contribution < 1.29 is 9.59 Å². The maximum Gasteiger partial charge on any atom is 0.250 e. The third-order valence-corrected chi connectivity index (χ3v) is 4.49. The van der Waals surface area contributed by atoms with Gasteiger partial charge in [-0.05, 0) is 37.3 Å². The molecular formula is C16H21N3O2. The van der Waals surface area contributed by atoms with Crippen LogP contribution in [0.15, 0.2) is 18.5 Å². The van der Waals surface area contributed by atoms with Gasteiger partial charge in [-0.3, -0.25) is 19.5 Å². The summed E-state index contributed by atoms with van der Waals surface area (Å²) < 4.78 is 0. The van der Waals surface area contributed by atoms with E-state index < -0.39 is 6.04 Å². The lowest BCUT2D eigenvalue weighted by molar-refractivity contribution is -0.145. The summed E-state index contributed by atoms with van der Waals surface area (Å²) in [5.41, 5.74) is 1.74. The highest BCUT2D eigenvalue weighted by atomic mass is 16.2. The lowest BCUT2D eigenvalue weighted by Gasteiger charge is -2.44. The van der Waals surface area contributed by atoms with Crippen LogP contribution in [0.1, 0.15) is 32.3 Å². The van der Waals surface area contributed by atoms with Crippen molar-refractivity contribution in [2.24, 2.45) is 5.92 Å². The van der Waals surface area contributed by atoms with Gasteiger partial charge in [0.15, 0.2) is 0 Å². The molecule has 112 valence electrons. The predicted molar refractivity (Wildman–Crippen MR) is 79.8 cm³/mol. The van der Waals surface area contributed by atoms with E-state index in [0.717, 1.165) is 24.1 Å². The van der Waals surface area contributed by atoms with Gasteiger partial charge in [0.25, 0.3) is 5.91 Å². The summed E-state index contributed by atoms with van der Waals surface area (Å²) in [5, 5.41) is 0. The molecule has 2 unspecified atom stereocenters. The maximum absolute atomic E-state index is 12.9. The van der Waals surface area contributed by atoms with Crippen LogP contribution in [-0.4, -0.2) is 40.3 Å². The minimum absolute atomic E-state index is 0.0434. The smallest absolute Gasteiger partial charge is 0.250 e. The van der Waals surface area contributed by atoms with Crippen molar-refractivity contribution in [1.29, 1.82) is 0 Å². The number of pyridine rings is 1. The minimum atomic E-state index is -0.422. The number of carbonyl (C=O) groups is 2. The molecule has 1 aromatic heterocycles. The van der Waals surface area contributed by atoms with Gasteiger partial charge in [0.05, 0.1) is 11.9 Å². The predicted octanol–water partition coefficient (Wildman–Crippen LogP) is 1.75. The van der Waals surface area contributed by atoms with Crippen molar-refractivity contribution in [1.82, 2.24) is 9.88 Å². The number of nitrogens with zero attached hydrogens (tertiary/aromatic N) is 3. The zero-order chi connectivity index (χ0) is 15.1. The number of rotatable bonds is 2. The molecule has 0 aromatic carbocycles. The molecule has 0 spiro atoms. The van der Waals surface area contributed by atoms with Crippen LogP contribution in [-0.2, 0) is 9.59 Å². The Morgan fingerprint density at radius 1 is 1.29 bits per heavy atom. The van der Waals surface area contributed by atoms with E-state index in [-0.39, 0.29) is 23.8 Å². The molecule has 0 saturated carbocycles. The molecule has 2 fully saturated rings. The number of hydrogen-bond donors (Lipinski definition) is 0. The molecule has 2 saturated heterocycles. The summed E-state index contributed by atoms with van der Waals surface area (Å²) in [6, 6.07) is 1.17. The van der Waals surface area contributed by atoms with Crippen molar-refractivity contribution in [2.75, 3.05) is 11.4 Å². The number of amides is 2. The maximum atomic E-state index is 12.9. The Balaban J connectivity index is 2.09. The molecule has 3 heterocycles. The summed E-state index contributed by atoms with van der Waals surface area (Å²) >= 11 is 0. The number of aryl methyl sites for hydroxylation is 1. The molecule has 21 heavy (non-hydrogen) atoms. The zero-order valence-corrected chi connectivity index (χ0v) is 12.7. The first kappa shape index (κ1) is 14.0. The highest BCUT2D eigenvalue weighted by Crippen LogP contribution is 2.34. The number of hydrogen-bond acceptors (Lipinski definition) is 3. The van der Waals surface area contributed by atoms with Crippen LogP contribution in [0.25, 0.3) is 0 Å². The quantitative estimate of drug-likeness (QED) is 0.832. The van der Waals surface area contributed by atoms with Gasteiger partial charge in [0, 0.05) is 12.7 Å². The molecule has 0 aliphatic carbocycles. The van der Waals surface area contributed by atoms with Crippen LogP contribution in [0.3, 0.4) is 0 Å². The lowest BCUT2D eigenvalue weighted by atomic mass is 9.95. The molecule has 0 radical (unpaired) electrons. The van der Waals surface area contributed by atoms with Crippen LogP contribution in [0, 0.1) is 12.8 Å². The second-order valence-corrected chi connectivity index (χ2v) is 6.25. The number of piperazine rings is 1. The normalized spacial score (nSPS) is 25.7. The van der Waals surface area contributed by atoms with Gasteiger partial charge < -0.3 is 4.90 Å². The number of anilines is 1. The molecule has 2 aliphatic heterocycles. The van der Waals surface area contributed by atoms with Gasteiger partial charge in [-0.15, -0.1) is 0 Å². The Morgan fingerprint density at radius 2 is 2.05 bits per heavy atom. The Hall–Kier alpha value is -1.91. The fraction of sp³-hybridized carbons (Fsp3) is 0.562. The first-order valence-corrected chi connectivity index (χ1v) is 7.56. The van der Waals surface area contributed by atoms with Crippen molar-refractivity contribution in [3.05, 3.63) is 24.0 Å². The van der Waals surface area contributed by atoms with Crippen LogP contribution < -0.4 is 4.90 Å². The van der Waals surface area contributed by atoms with E-state index in [1.165, 1.54) is 0 Å².